The second-order valence-corrected chi connectivity index (χ2v) is 5.72. The lowest BCUT2D eigenvalue weighted by atomic mass is 10.1. The van der Waals surface area contributed by atoms with Crippen LogP contribution in [0, 0.1) is 18.6 Å². The van der Waals surface area contributed by atoms with Crippen molar-refractivity contribution in [3.8, 4) is 0 Å². The molecule has 1 aromatic rings. The van der Waals surface area contributed by atoms with E-state index in [-0.39, 0.29) is 11.5 Å². The first-order chi connectivity index (χ1) is 10.1. The van der Waals surface area contributed by atoms with E-state index in [0.717, 1.165) is 32.2 Å². The lowest BCUT2D eigenvalue weighted by Crippen LogP contribution is -2.62. The summed E-state index contributed by atoms with van der Waals surface area (Å²) in [5.74, 6) is -1.75. The van der Waals surface area contributed by atoms with Gasteiger partial charge in [0, 0.05) is 51.4 Å². The minimum Gasteiger partial charge on any atom is -0.336 e. The summed E-state index contributed by atoms with van der Waals surface area (Å²) in [7, 11) is 0. The monoisotopic (exact) mass is 295 g/mol. The number of halogens is 2. The second-order valence-electron chi connectivity index (χ2n) is 5.72. The molecule has 2 heterocycles. The molecule has 0 aromatic heterocycles. The zero-order valence-corrected chi connectivity index (χ0v) is 12.0. The molecule has 0 spiro atoms. The fourth-order valence-electron chi connectivity index (χ4n) is 2.81. The van der Waals surface area contributed by atoms with Crippen molar-refractivity contribution < 1.29 is 13.6 Å². The highest BCUT2D eigenvalue weighted by atomic mass is 19.1. The molecular formula is C15H19F2N3O. The first kappa shape index (κ1) is 14.4. The van der Waals surface area contributed by atoms with Gasteiger partial charge >= 0.3 is 0 Å². The summed E-state index contributed by atoms with van der Waals surface area (Å²) in [4.78, 5) is 16.4. The summed E-state index contributed by atoms with van der Waals surface area (Å²) < 4.78 is 27.1. The van der Waals surface area contributed by atoms with Crippen molar-refractivity contribution in [2.24, 2.45) is 0 Å². The average Bonchev–Trinajstić information content (AvgIpc) is 2.41. The molecule has 1 amide bonds. The highest BCUT2D eigenvalue weighted by Crippen LogP contribution is 2.18. The first-order valence-electron chi connectivity index (χ1n) is 7.26. The third kappa shape index (κ3) is 2.78. The molecule has 4 nitrogen and oxygen atoms in total. The van der Waals surface area contributed by atoms with Crippen LogP contribution in [0.25, 0.3) is 0 Å². The number of hydrogen-bond acceptors (Lipinski definition) is 3. The van der Waals surface area contributed by atoms with Crippen LogP contribution < -0.4 is 5.32 Å². The van der Waals surface area contributed by atoms with Crippen LogP contribution in [0.4, 0.5) is 8.78 Å². The Morgan fingerprint density at radius 2 is 1.81 bits per heavy atom. The third-order valence-electron chi connectivity index (χ3n) is 4.36. The third-order valence-corrected chi connectivity index (χ3v) is 4.36. The number of nitrogens with zero attached hydrogens (tertiary/aromatic N) is 2. The van der Waals surface area contributed by atoms with Gasteiger partial charge in [-0.3, -0.25) is 9.69 Å². The Hall–Kier alpha value is -1.53. The summed E-state index contributed by atoms with van der Waals surface area (Å²) in [5, 5.41) is 3.23. The molecule has 2 aliphatic rings. The van der Waals surface area contributed by atoms with Gasteiger partial charge in [0.05, 0.1) is 5.56 Å². The van der Waals surface area contributed by atoms with Gasteiger partial charge in [-0.1, -0.05) is 0 Å². The number of carbonyl (C=O) groups excluding carboxylic acids is 1. The molecule has 2 saturated heterocycles. The molecular weight excluding hydrogens is 276 g/mol. The highest BCUT2D eigenvalue weighted by Gasteiger charge is 2.30. The molecule has 2 aliphatic heterocycles. The largest absolute Gasteiger partial charge is 0.336 e. The van der Waals surface area contributed by atoms with E-state index in [9.17, 15) is 13.6 Å². The molecule has 0 atom stereocenters. The fraction of sp³-hybridized carbons (Fsp3) is 0.533. The van der Waals surface area contributed by atoms with E-state index in [0.29, 0.717) is 24.7 Å². The lowest BCUT2D eigenvalue weighted by molar-refractivity contribution is 0.0498. The minimum absolute atomic E-state index is 0.0346. The SMILES string of the molecule is Cc1cc(C(=O)N2CCN(C3CNC3)CC2)c(F)cc1F. The van der Waals surface area contributed by atoms with E-state index in [2.05, 4.69) is 10.2 Å². The number of nitrogens with one attached hydrogen (secondary N) is 1. The maximum Gasteiger partial charge on any atom is 0.256 e. The van der Waals surface area contributed by atoms with Gasteiger partial charge in [0.15, 0.2) is 0 Å². The number of benzene rings is 1. The van der Waals surface area contributed by atoms with Gasteiger partial charge in [-0.2, -0.15) is 0 Å². The van der Waals surface area contributed by atoms with Crippen LogP contribution in [0.1, 0.15) is 15.9 Å². The van der Waals surface area contributed by atoms with E-state index in [1.807, 2.05) is 0 Å². The van der Waals surface area contributed by atoms with Crippen LogP contribution in [0.15, 0.2) is 12.1 Å². The molecule has 0 radical (unpaired) electrons. The normalized spacial score (nSPS) is 20.4. The van der Waals surface area contributed by atoms with Crippen molar-refractivity contribution in [2.45, 2.75) is 13.0 Å². The van der Waals surface area contributed by atoms with E-state index in [1.54, 1.807) is 4.90 Å². The van der Waals surface area contributed by atoms with Crippen molar-refractivity contribution in [1.29, 1.82) is 0 Å². The molecule has 114 valence electrons. The maximum absolute atomic E-state index is 13.8. The van der Waals surface area contributed by atoms with Crippen molar-refractivity contribution in [3.63, 3.8) is 0 Å². The summed E-state index contributed by atoms with van der Waals surface area (Å²) in [6.45, 7) is 6.32. The van der Waals surface area contributed by atoms with E-state index in [1.165, 1.54) is 13.0 Å². The van der Waals surface area contributed by atoms with Gasteiger partial charge in [-0.25, -0.2) is 8.78 Å². The predicted molar refractivity (Wildman–Crippen MR) is 75.2 cm³/mol. The minimum atomic E-state index is -0.784. The smallest absolute Gasteiger partial charge is 0.256 e. The van der Waals surface area contributed by atoms with Gasteiger partial charge in [-0.05, 0) is 18.6 Å². The quantitative estimate of drug-likeness (QED) is 0.884. The van der Waals surface area contributed by atoms with E-state index in [4.69, 9.17) is 0 Å². The topological polar surface area (TPSA) is 35.6 Å². The molecule has 21 heavy (non-hydrogen) atoms. The number of hydrogen-bond donors (Lipinski definition) is 1. The van der Waals surface area contributed by atoms with Crippen LogP contribution in [0.5, 0.6) is 0 Å². The Morgan fingerprint density at radius 3 is 2.38 bits per heavy atom. The van der Waals surface area contributed by atoms with E-state index < -0.39 is 11.6 Å². The van der Waals surface area contributed by atoms with Crippen LogP contribution in [-0.4, -0.2) is 61.0 Å². The lowest BCUT2D eigenvalue weighted by Gasteiger charge is -2.43. The van der Waals surface area contributed by atoms with Crippen molar-refractivity contribution >= 4 is 5.91 Å². The van der Waals surface area contributed by atoms with Crippen molar-refractivity contribution in [3.05, 3.63) is 34.9 Å². The predicted octanol–water partition coefficient (Wildman–Crippen LogP) is 1.00. The van der Waals surface area contributed by atoms with Gasteiger partial charge in [0.25, 0.3) is 5.91 Å². The Kier molecular flexibility index (Phi) is 3.91. The Morgan fingerprint density at radius 1 is 1.14 bits per heavy atom. The number of amides is 1. The van der Waals surface area contributed by atoms with Crippen molar-refractivity contribution in [1.82, 2.24) is 15.1 Å². The molecule has 0 aliphatic carbocycles. The molecule has 0 saturated carbocycles. The van der Waals surface area contributed by atoms with Crippen LogP contribution in [0.2, 0.25) is 0 Å². The molecule has 0 bridgehead atoms. The average molecular weight is 295 g/mol. The number of aryl methyl sites for hydroxylation is 1. The van der Waals surface area contributed by atoms with Gasteiger partial charge in [0.1, 0.15) is 11.6 Å². The molecule has 1 aromatic carbocycles. The molecule has 2 fully saturated rings. The van der Waals surface area contributed by atoms with E-state index >= 15 is 0 Å². The zero-order chi connectivity index (χ0) is 15.0. The Bertz CT molecular complexity index is 552. The standard InChI is InChI=1S/C15H19F2N3O/c1-10-6-12(14(17)7-13(10)16)15(21)20-4-2-19(3-5-20)11-8-18-9-11/h6-7,11,18H,2-5,8-9H2,1H3. The summed E-state index contributed by atoms with van der Waals surface area (Å²) in [6.07, 6.45) is 0. The van der Waals surface area contributed by atoms with Crippen LogP contribution in [0.3, 0.4) is 0 Å². The molecule has 0 unspecified atom stereocenters. The fourth-order valence-corrected chi connectivity index (χ4v) is 2.81. The second kappa shape index (κ2) is 5.69. The number of carbonyl (C=O) groups is 1. The van der Waals surface area contributed by atoms with Gasteiger partial charge in [0.2, 0.25) is 0 Å². The summed E-state index contributed by atoms with van der Waals surface area (Å²) in [5.41, 5.74) is 0.256. The van der Waals surface area contributed by atoms with Gasteiger partial charge < -0.3 is 10.2 Å². The van der Waals surface area contributed by atoms with Crippen LogP contribution in [-0.2, 0) is 0 Å². The number of rotatable bonds is 2. The Balaban J connectivity index is 1.67. The molecule has 3 rings (SSSR count). The molecule has 1 N–H and O–H groups in total. The number of piperazine rings is 1. The van der Waals surface area contributed by atoms with Crippen LogP contribution >= 0.6 is 0 Å². The zero-order valence-electron chi connectivity index (χ0n) is 12.0. The molecule has 6 heteroatoms. The Labute approximate surface area is 122 Å². The van der Waals surface area contributed by atoms with Gasteiger partial charge in [-0.15, -0.1) is 0 Å². The summed E-state index contributed by atoms with van der Waals surface area (Å²) >= 11 is 0. The maximum atomic E-state index is 13.8. The van der Waals surface area contributed by atoms with Crippen molar-refractivity contribution in [2.75, 3.05) is 39.3 Å². The first-order valence-corrected chi connectivity index (χ1v) is 7.26. The summed E-state index contributed by atoms with van der Waals surface area (Å²) in [6, 6.07) is 2.65. The highest BCUT2D eigenvalue weighted by molar-refractivity contribution is 5.94.